The van der Waals surface area contributed by atoms with Crippen molar-refractivity contribution in [1.29, 1.82) is 0 Å². The number of carbonyl (C=O) groups excluding carboxylic acids is 1. The first-order valence-corrected chi connectivity index (χ1v) is 5.28. The Labute approximate surface area is 84.4 Å². The van der Waals surface area contributed by atoms with Gasteiger partial charge in [-0.15, -0.1) is 0 Å². The van der Waals surface area contributed by atoms with Crippen LogP contribution < -0.4 is 5.73 Å². The Morgan fingerprint density at radius 2 is 2.14 bits per heavy atom. The molecule has 0 aromatic rings. The van der Waals surface area contributed by atoms with Crippen LogP contribution >= 0.6 is 0 Å². The van der Waals surface area contributed by atoms with Crippen LogP contribution in [-0.2, 0) is 9.53 Å². The van der Waals surface area contributed by atoms with Crippen molar-refractivity contribution in [3.05, 3.63) is 0 Å². The Morgan fingerprint density at radius 1 is 1.50 bits per heavy atom. The molecule has 2 unspecified atom stereocenters. The second-order valence-electron chi connectivity index (χ2n) is 4.35. The van der Waals surface area contributed by atoms with Crippen LogP contribution in [0.15, 0.2) is 0 Å². The van der Waals surface area contributed by atoms with E-state index in [2.05, 4.69) is 4.90 Å². The van der Waals surface area contributed by atoms with Gasteiger partial charge in [-0.1, -0.05) is 0 Å². The SMILES string of the molecule is COC(=O)C(N)C1CN2CCC1CC2. The monoisotopic (exact) mass is 198 g/mol. The molecule has 3 fully saturated rings. The van der Waals surface area contributed by atoms with Crippen molar-refractivity contribution in [3.8, 4) is 0 Å². The lowest BCUT2D eigenvalue weighted by atomic mass is 9.75. The fourth-order valence-corrected chi connectivity index (χ4v) is 2.73. The van der Waals surface area contributed by atoms with Crippen LogP contribution in [0.4, 0.5) is 0 Å². The van der Waals surface area contributed by atoms with Crippen LogP contribution in [0.25, 0.3) is 0 Å². The van der Waals surface area contributed by atoms with Gasteiger partial charge in [0.25, 0.3) is 0 Å². The number of carbonyl (C=O) groups is 1. The molecule has 80 valence electrons. The number of hydrogen-bond acceptors (Lipinski definition) is 4. The Morgan fingerprint density at radius 3 is 2.57 bits per heavy atom. The number of methoxy groups -OCH3 is 1. The Bertz CT molecular complexity index is 224. The van der Waals surface area contributed by atoms with Gasteiger partial charge < -0.3 is 15.4 Å². The second kappa shape index (κ2) is 3.87. The molecule has 0 amide bonds. The van der Waals surface area contributed by atoms with E-state index in [1.807, 2.05) is 0 Å². The van der Waals surface area contributed by atoms with Crippen LogP contribution in [0.1, 0.15) is 12.8 Å². The van der Waals surface area contributed by atoms with Gasteiger partial charge in [-0.2, -0.15) is 0 Å². The van der Waals surface area contributed by atoms with Gasteiger partial charge in [0.05, 0.1) is 7.11 Å². The summed E-state index contributed by atoms with van der Waals surface area (Å²) in [6.07, 6.45) is 2.38. The zero-order chi connectivity index (χ0) is 10.1. The molecule has 4 nitrogen and oxygen atoms in total. The van der Waals surface area contributed by atoms with Crippen LogP contribution in [-0.4, -0.2) is 43.7 Å². The summed E-state index contributed by atoms with van der Waals surface area (Å²) >= 11 is 0. The molecule has 0 radical (unpaired) electrons. The predicted octanol–water partition coefficient (Wildman–Crippen LogP) is -0.171. The lowest BCUT2D eigenvalue weighted by Crippen LogP contribution is -2.55. The largest absolute Gasteiger partial charge is 0.468 e. The zero-order valence-corrected chi connectivity index (χ0v) is 8.61. The van der Waals surface area contributed by atoms with Crippen molar-refractivity contribution in [1.82, 2.24) is 4.90 Å². The van der Waals surface area contributed by atoms with E-state index in [1.165, 1.54) is 33.0 Å². The molecule has 2 N–H and O–H groups in total. The topological polar surface area (TPSA) is 55.6 Å². The summed E-state index contributed by atoms with van der Waals surface area (Å²) in [7, 11) is 1.41. The van der Waals surface area contributed by atoms with Gasteiger partial charge in [0.1, 0.15) is 6.04 Å². The molecule has 2 atom stereocenters. The highest BCUT2D eigenvalue weighted by atomic mass is 16.5. The van der Waals surface area contributed by atoms with E-state index in [4.69, 9.17) is 10.5 Å². The van der Waals surface area contributed by atoms with Crippen molar-refractivity contribution in [2.75, 3.05) is 26.7 Å². The van der Waals surface area contributed by atoms with E-state index in [9.17, 15) is 4.79 Å². The van der Waals surface area contributed by atoms with Gasteiger partial charge in [0.15, 0.2) is 0 Å². The van der Waals surface area contributed by atoms with E-state index < -0.39 is 6.04 Å². The van der Waals surface area contributed by atoms with Crippen LogP contribution in [0, 0.1) is 11.8 Å². The van der Waals surface area contributed by atoms with Gasteiger partial charge >= 0.3 is 5.97 Å². The molecule has 3 aliphatic heterocycles. The number of nitrogens with zero attached hydrogens (tertiary/aromatic N) is 1. The molecule has 3 aliphatic rings. The molecular formula is C10H18N2O2. The maximum atomic E-state index is 11.3. The number of ether oxygens (including phenoxy) is 1. The van der Waals surface area contributed by atoms with Crippen molar-refractivity contribution in [2.45, 2.75) is 18.9 Å². The molecular weight excluding hydrogens is 180 g/mol. The number of nitrogens with two attached hydrogens (primary N) is 1. The van der Waals surface area contributed by atoms with Crippen LogP contribution in [0.2, 0.25) is 0 Å². The maximum Gasteiger partial charge on any atom is 0.322 e. The molecule has 2 bridgehead atoms. The Kier molecular flexibility index (Phi) is 2.74. The molecule has 14 heavy (non-hydrogen) atoms. The smallest absolute Gasteiger partial charge is 0.322 e. The number of esters is 1. The molecule has 3 rings (SSSR count). The highest BCUT2D eigenvalue weighted by molar-refractivity contribution is 5.75. The Hall–Kier alpha value is -0.610. The molecule has 0 aromatic carbocycles. The first-order valence-electron chi connectivity index (χ1n) is 5.28. The van der Waals surface area contributed by atoms with Crippen molar-refractivity contribution in [2.24, 2.45) is 17.6 Å². The highest BCUT2D eigenvalue weighted by Crippen LogP contribution is 2.33. The summed E-state index contributed by atoms with van der Waals surface area (Å²) in [5.74, 6) is 0.683. The normalized spacial score (nSPS) is 38.0. The number of fused-ring (bicyclic) bond motifs is 3. The summed E-state index contributed by atoms with van der Waals surface area (Å²) in [6.45, 7) is 3.32. The molecule has 3 heterocycles. The molecule has 4 heteroatoms. The van der Waals surface area contributed by atoms with E-state index >= 15 is 0 Å². The van der Waals surface area contributed by atoms with Crippen LogP contribution in [0.5, 0.6) is 0 Å². The second-order valence-corrected chi connectivity index (χ2v) is 4.35. The van der Waals surface area contributed by atoms with Gasteiger partial charge in [0, 0.05) is 12.5 Å². The fraction of sp³-hybridized carbons (Fsp3) is 0.900. The summed E-state index contributed by atoms with van der Waals surface area (Å²) < 4.78 is 4.69. The average Bonchev–Trinajstić information content (AvgIpc) is 2.28. The number of rotatable bonds is 2. The van der Waals surface area contributed by atoms with Crippen LogP contribution in [0.3, 0.4) is 0 Å². The number of piperidine rings is 3. The lowest BCUT2D eigenvalue weighted by Gasteiger charge is -2.46. The van der Waals surface area contributed by atoms with Gasteiger partial charge in [-0.05, 0) is 31.8 Å². The third-order valence-corrected chi connectivity index (χ3v) is 3.64. The van der Waals surface area contributed by atoms with Crippen molar-refractivity contribution >= 4 is 5.97 Å². The maximum absolute atomic E-state index is 11.3. The first kappa shape index (κ1) is 9.93. The Balaban J connectivity index is 2.01. The predicted molar refractivity (Wildman–Crippen MR) is 52.6 cm³/mol. The summed E-state index contributed by atoms with van der Waals surface area (Å²) in [5.41, 5.74) is 5.89. The van der Waals surface area contributed by atoms with E-state index in [-0.39, 0.29) is 5.97 Å². The summed E-state index contributed by atoms with van der Waals surface area (Å²) in [4.78, 5) is 13.7. The third-order valence-electron chi connectivity index (χ3n) is 3.64. The standard InChI is InChI=1S/C10H18N2O2/c1-14-10(13)9(11)8-6-12-4-2-7(8)3-5-12/h7-9H,2-6,11H2,1H3. The number of hydrogen-bond donors (Lipinski definition) is 1. The average molecular weight is 198 g/mol. The van der Waals surface area contributed by atoms with Gasteiger partial charge in [-0.25, -0.2) is 0 Å². The van der Waals surface area contributed by atoms with E-state index in [0.29, 0.717) is 11.8 Å². The molecule has 0 saturated carbocycles. The zero-order valence-electron chi connectivity index (χ0n) is 8.61. The van der Waals surface area contributed by atoms with Crippen molar-refractivity contribution < 1.29 is 9.53 Å². The summed E-state index contributed by atoms with van der Waals surface area (Å²) in [6, 6.07) is -0.423. The molecule has 3 saturated heterocycles. The quantitative estimate of drug-likeness (QED) is 0.626. The van der Waals surface area contributed by atoms with E-state index in [0.717, 1.165) is 6.54 Å². The van der Waals surface area contributed by atoms with Crippen molar-refractivity contribution in [3.63, 3.8) is 0 Å². The lowest BCUT2D eigenvalue weighted by molar-refractivity contribution is -0.145. The minimum absolute atomic E-state index is 0.260. The van der Waals surface area contributed by atoms with E-state index in [1.54, 1.807) is 0 Å². The first-order chi connectivity index (χ1) is 6.72. The minimum atomic E-state index is -0.423. The van der Waals surface area contributed by atoms with Gasteiger partial charge in [0.2, 0.25) is 0 Å². The van der Waals surface area contributed by atoms with Gasteiger partial charge in [-0.3, -0.25) is 4.79 Å². The third kappa shape index (κ3) is 1.64. The highest BCUT2D eigenvalue weighted by Gasteiger charge is 2.39. The molecule has 0 aliphatic carbocycles. The fourth-order valence-electron chi connectivity index (χ4n) is 2.73. The molecule has 0 aromatic heterocycles. The summed E-state index contributed by atoms with van der Waals surface area (Å²) in [5, 5.41) is 0. The minimum Gasteiger partial charge on any atom is -0.468 e. The molecule has 0 spiro atoms.